The van der Waals surface area contributed by atoms with E-state index in [9.17, 15) is 0 Å². The molecule has 19 heavy (non-hydrogen) atoms. The largest absolute Gasteiger partial charge is 0.399 e. The van der Waals surface area contributed by atoms with Crippen LogP contribution in [0.25, 0.3) is 11.0 Å². The van der Waals surface area contributed by atoms with Crippen molar-refractivity contribution in [1.29, 1.82) is 0 Å². The van der Waals surface area contributed by atoms with Crippen molar-refractivity contribution in [2.45, 2.75) is 6.54 Å². The normalized spacial score (nSPS) is 10.8. The fraction of sp³-hybridized carbons (Fsp3) is 0.0714. The van der Waals surface area contributed by atoms with Gasteiger partial charge in [-0.05, 0) is 35.9 Å². The van der Waals surface area contributed by atoms with Crippen LogP contribution < -0.4 is 11.1 Å². The molecule has 1 aromatic heterocycles. The number of hydrogen-bond donors (Lipinski definition) is 3. The third-order valence-corrected chi connectivity index (χ3v) is 3.13. The molecule has 0 saturated heterocycles. The SMILES string of the molecule is Nc1ccc2nc(NCc3ccc(Cl)cc3)[nH]c2c1. The van der Waals surface area contributed by atoms with Crippen LogP contribution in [0.5, 0.6) is 0 Å². The topological polar surface area (TPSA) is 66.7 Å². The van der Waals surface area contributed by atoms with E-state index in [1.165, 1.54) is 0 Å². The first-order valence-corrected chi connectivity index (χ1v) is 6.32. The molecule has 0 bridgehead atoms. The van der Waals surface area contributed by atoms with E-state index < -0.39 is 0 Å². The lowest BCUT2D eigenvalue weighted by Crippen LogP contribution is -2.00. The van der Waals surface area contributed by atoms with Crippen LogP contribution in [0.15, 0.2) is 42.5 Å². The number of nitrogen functional groups attached to an aromatic ring is 1. The first kappa shape index (κ1) is 11.9. The van der Waals surface area contributed by atoms with Crippen molar-refractivity contribution in [3.63, 3.8) is 0 Å². The predicted molar refractivity (Wildman–Crippen MR) is 79.3 cm³/mol. The highest BCUT2D eigenvalue weighted by molar-refractivity contribution is 6.30. The monoisotopic (exact) mass is 272 g/mol. The second-order valence-corrected chi connectivity index (χ2v) is 4.78. The highest BCUT2D eigenvalue weighted by atomic mass is 35.5. The van der Waals surface area contributed by atoms with Gasteiger partial charge in [0.25, 0.3) is 0 Å². The van der Waals surface area contributed by atoms with Gasteiger partial charge in [-0.1, -0.05) is 23.7 Å². The zero-order valence-electron chi connectivity index (χ0n) is 10.2. The molecule has 0 atom stereocenters. The van der Waals surface area contributed by atoms with Crippen LogP contribution in [0, 0.1) is 0 Å². The van der Waals surface area contributed by atoms with Crippen molar-refractivity contribution in [3.8, 4) is 0 Å². The average molecular weight is 273 g/mol. The van der Waals surface area contributed by atoms with E-state index in [1.54, 1.807) is 0 Å². The molecule has 0 aliphatic rings. The highest BCUT2D eigenvalue weighted by Gasteiger charge is 2.02. The molecule has 0 saturated carbocycles. The number of rotatable bonds is 3. The number of fused-ring (bicyclic) bond motifs is 1. The molecule has 4 N–H and O–H groups in total. The minimum absolute atomic E-state index is 0.687. The minimum atomic E-state index is 0.687. The van der Waals surface area contributed by atoms with E-state index in [0.29, 0.717) is 6.54 Å². The molecule has 0 unspecified atom stereocenters. The number of anilines is 2. The first-order valence-electron chi connectivity index (χ1n) is 5.94. The lowest BCUT2D eigenvalue weighted by molar-refractivity contribution is 1.10. The summed E-state index contributed by atoms with van der Waals surface area (Å²) in [5.41, 5.74) is 9.42. The summed E-state index contributed by atoms with van der Waals surface area (Å²) >= 11 is 5.85. The summed E-state index contributed by atoms with van der Waals surface area (Å²) < 4.78 is 0. The summed E-state index contributed by atoms with van der Waals surface area (Å²) in [6, 6.07) is 13.3. The molecule has 3 aromatic rings. The first-order chi connectivity index (χ1) is 9.20. The number of hydrogen-bond acceptors (Lipinski definition) is 3. The van der Waals surface area contributed by atoms with Gasteiger partial charge in [-0.15, -0.1) is 0 Å². The summed E-state index contributed by atoms with van der Waals surface area (Å²) in [5.74, 6) is 0.732. The van der Waals surface area contributed by atoms with Gasteiger partial charge in [0.2, 0.25) is 5.95 Å². The van der Waals surface area contributed by atoms with Gasteiger partial charge < -0.3 is 16.0 Å². The number of benzene rings is 2. The third-order valence-electron chi connectivity index (χ3n) is 2.88. The minimum Gasteiger partial charge on any atom is -0.399 e. The Bertz CT molecular complexity index is 703. The van der Waals surface area contributed by atoms with Gasteiger partial charge in [0.1, 0.15) is 0 Å². The van der Waals surface area contributed by atoms with Crippen molar-refractivity contribution in [3.05, 3.63) is 53.1 Å². The maximum atomic E-state index is 5.85. The second kappa shape index (κ2) is 4.82. The van der Waals surface area contributed by atoms with E-state index in [0.717, 1.165) is 33.3 Å². The Labute approximate surface area is 115 Å². The number of nitrogens with one attached hydrogen (secondary N) is 2. The zero-order valence-corrected chi connectivity index (χ0v) is 10.9. The van der Waals surface area contributed by atoms with Gasteiger partial charge in [-0.25, -0.2) is 4.98 Å². The molecule has 0 fully saturated rings. The summed E-state index contributed by atoms with van der Waals surface area (Å²) in [6.45, 7) is 0.687. The van der Waals surface area contributed by atoms with Crippen molar-refractivity contribution in [1.82, 2.24) is 9.97 Å². The molecule has 0 radical (unpaired) electrons. The Kier molecular flexibility index (Phi) is 3.01. The van der Waals surface area contributed by atoms with E-state index in [4.69, 9.17) is 17.3 Å². The second-order valence-electron chi connectivity index (χ2n) is 4.34. The highest BCUT2D eigenvalue weighted by Crippen LogP contribution is 2.17. The van der Waals surface area contributed by atoms with Crippen molar-refractivity contribution >= 4 is 34.3 Å². The summed E-state index contributed by atoms with van der Waals surface area (Å²) in [6.07, 6.45) is 0. The molecule has 2 aromatic carbocycles. The van der Waals surface area contributed by atoms with Gasteiger partial charge in [0, 0.05) is 17.3 Å². The number of aromatic nitrogens is 2. The van der Waals surface area contributed by atoms with Crippen LogP contribution in [-0.2, 0) is 6.54 Å². The molecule has 4 nitrogen and oxygen atoms in total. The maximum Gasteiger partial charge on any atom is 0.201 e. The maximum absolute atomic E-state index is 5.85. The molecule has 0 amide bonds. The Morgan fingerprint density at radius 2 is 1.95 bits per heavy atom. The van der Waals surface area contributed by atoms with Gasteiger partial charge in [0.15, 0.2) is 0 Å². The molecule has 5 heteroatoms. The van der Waals surface area contributed by atoms with Crippen LogP contribution in [0.2, 0.25) is 5.02 Å². The number of H-pyrrole nitrogens is 1. The summed E-state index contributed by atoms with van der Waals surface area (Å²) in [7, 11) is 0. The third kappa shape index (κ3) is 2.63. The lowest BCUT2D eigenvalue weighted by Gasteiger charge is -2.02. The van der Waals surface area contributed by atoms with E-state index in [1.807, 2.05) is 42.5 Å². The standard InChI is InChI=1S/C14H13ClN4/c15-10-3-1-9(2-4-10)8-17-14-18-12-6-5-11(16)7-13(12)19-14/h1-7H,8,16H2,(H2,17,18,19). The molecule has 0 aliphatic carbocycles. The van der Waals surface area contributed by atoms with Gasteiger partial charge in [-0.2, -0.15) is 0 Å². The van der Waals surface area contributed by atoms with Gasteiger partial charge >= 0.3 is 0 Å². The van der Waals surface area contributed by atoms with E-state index in [-0.39, 0.29) is 0 Å². The van der Waals surface area contributed by atoms with Crippen LogP contribution in [0.1, 0.15) is 5.56 Å². The average Bonchev–Trinajstić information content (AvgIpc) is 2.80. The Morgan fingerprint density at radius 1 is 1.16 bits per heavy atom. The van der Waals surface area contributed by atoms with E-state index in [2.05, 4.69) is 15.3 Å². The number of imidazole rings is 1. The van der Waals surface area contributed by atoms with Gasteiger partial charge in [0.05, 0.1) is 11.0 Å². The van der Waals surface area contributed by atoms with Crippen LogP contribution in [-0.4, -0.2) is 9.97 Å². The molecule has 0 aliphatic heterocycles. The smallest absolute Gasteiger partial charge is 0.201 e. The number of halogens is 1. The predicted octanol–water partition coefficient (Wildman–Crippen LogP) is 3.41. The van der Waals surface area contributed by atoms with Crippen molar-refractivity contribution in [2.24, 2.45) is 0 Å². The molecular formula is C14H13ClN4. The quantitative estimate of drug-likeness (QED) is 0.640. The van der Waals surface area contributed by atoms with Crippen molar-refractivity contribution < 1.29 is 0 Å². The molecule has 3 rings (SSSR count). The fourth-order valence-corrected chi connectivity index (χ4v) is 2.02. The molecular weight excluding hydrogens is 260 g/mol. The number of aromatic amines is 1. The lowest BCUT2D eigenvalue weighted by atomic mass is 10.2. The van der Waals surface area contributed by atoms with Crippen molar-refractivity contribution in [2.75, 3.05) is 11.1 Å². The summed E-state index contributed by atoms with van der Waals surface area (Å²) in [5, 5.41) is 3.98. The molecule has 1 heterocycles. The summed E-state index contributed by atoms with van der Waals surface area (Å²) in [4.78, 5) is 7.63. The Hall–Kier alpha value is -2.20. The number of nitrogens with zero attached hydrogens (tertiary/aromatic N) is 1. The van der Waals surface area contributed by atoms with Crippen LogP contribution in [0.4, 0.5) is 11.6 Å². The molecule has 0 spiro atoms. The zero-order chi connectivity index (χ0) is 13.2. The Morgan fingerprint density at radius 3 is 2.74 bits per heavy atom. The van der Waals surface area contributed by atoms with Crippen LogP contribution in [0.3, 0.4) is 0 Å². The number of nitrogens with two attached hydrogens (primary N) is 1. The van der Waals surface area contributed by atoms with Gasteiger partial charge in [-0.3, -0.25) is 0 Å². The van der Waals surface area contributed by atoms with Crippen LogP contribution >= 0.6 is 11.6 Å². The Balaban J connectivity index is 1.76. The molecule has 96 valence electrons. The fourth-order valence-electron chi connectivity index (χ4n) is 1.90. The van der Waals surface area contributed by atoms with E-state index >= 15 is 0 Å².